The highest BCUT2D eigenvalue weighted by molar-refractivity contribution is 5.85. The Bertz CT molecular complexity index is 386. The fraction of sp³-hybridized carbons (Fsp3) is 0. The molecule has 2 aromatic heterocycles. The van der Waals surface area contributed by atoms with Gasteiger partial charge in [-0.2, -0.15) is 0 Å². The molecule has 2 aromatic rings. The zero-order valence-corrected chi connectivity index (χ0v) is 8.24. The van der Waals surface area contributed by atoms with Crippen molar-refractivity contribution in [2.24, 2.45) is 0 Å². The molecule has 0 spiro atoms. The number of rotatable bonds is 1. The van der Waals surface area contributed by atoms with Crippen LogP contribution in [0.5, 0.6) is 0 Å². The van der Waals surface area contributed by atoms with Gasteiger partial charge < -0.3 is 5.73 Å². The van der Waals surface area contributed by atoms with Gasteiger partial charge in [-0.05, 0) is 18.2 Å². The van der Waals surface area contributed by atoms with Crippen molar-refractivity contribution in [3.8, 4) is 11.1 Å². The molecular formula is C10H10ClN3. The molecule has 72 valence electrons. The molecule has 0 aliphatic carbocycles. The Morgan fingerprint density at radius 3 is 2.36 bits per heavy atom. The van der Waals surface area contributed by atoms with Crippen molar-refractivity contribution in [1.82, 2.24) is 9.97 Å². The van der Waals surface area contributed by atoms with E-state index in [0.29, 0.717) is 5.82 Å². The largest absolute Gasteiger partial charge is 0.384 e. The third-order valence-electron chi connectivity index (χ3n) is 1.78. The molecule has 4 heteroatoms. The quantitative estimate of drug-likeness (QED) is 0.780. The summed E-state index contributed by atoms with van der Waals surface area (Å²) in [5.41, 5.74) is 7.56. The number of pyridine rings is 2. The lowest BCUT2D eigenvalue weighted by Gasteiger charge is -1.99. The first-order valence-electron chi connectivity index (χ1n) is 3.98. The van der Waals surface area contributed by atoms with Gasteiger partial charge in [-0.25, -0.2) is 4.98 Å². The molecule has 14 heavy (non-hydrogen) atoms. The molecule has 0 radical (unpaired) electrons. The molecule has 0 bridgehead atoms. The molecule has 2 heterocycles. The van der Waals surface area contributed by atoms with E-state index in [2.05, 4.69) is 9.97 Å². The second-order valence-electron chi connectivity index (χ2n) is 2.71. The highest BCUT2D eigenvalue weighted by atomic mass is 35.5. The van der Waals surface area contributed by atoms with E-state index < -0.39 is 0 Å². The first kappa shape index (κ1) is 10.5. The van der Waals surface area contributed by atoms with E-state index >= 15 is 0 Å². The van der Waals surface area contributed by atoms with Crippen molar-refractivity contribution in [3.63, 3.8) is 0 Å². The van der Waals surface area contributed by atoms with Crippen LogP contribution in [0.1, 0.15) is 0 Å². The van der Waals surface area contributed by atoms with Crippen LogP contribution in [0.4, 0.5) is 5.82 Å². The molecular weight excluding hydrogens is 198 g/mol. The number of hydrogen-bond donors (Lipinski definition) is 1. The van der Waals surface area contributed by atoms with Crippen LogP contribution in [0.15, 0.2) is 42.9 Å². The minimum atomic E-state index is 0. The average Bonchev–Trinajstić information content (AvgIpc) is 2.20. The first-order chi connectivity index (χ1) is 6.36. The molecule has 0 fully saturated rings. The summed E-state index contributed by atoms with van der Waals surface area (Å²) in [4.78, 5) is 8.03. The van der Waals surface area contributed by atoms with Gasteiger partial charge in [-0.1, -0.05) is 6.07 Å². The normalized spacial score (nSPS) is 9.14. The van der Waals surface area contributed by atoms with E-state index in [1.807, 2.05) is 18.2 Å². The van der Waals surface area contributed by atoms with E-state index in [9.17, 15) is 0 Å². The van der Waals surface area contributed by atoms with E-state index in [1.54, 1.807) is 24.7 Å². The Balaban J connectivity index is 0.000000980. The van der Waals surface area contributed by atoms with Crippen LogP contribution in [0.2, 0.25) is 0 Å². The lowest BCUT2D eigenvalue weighted by atomic mass is 10.1. The van der Waals surface area contributed by atoms with Crippen molar-refractivity contribution in [2.75, 3.05) is 5.73 Å². The van der Waals surface area contributed by atoms with Gasteiger partial charge in [0.15, 0.2) is 0 Å². The predicted octanol–water partition coefficient (Wildman–Crippen LogP) is 2.15. The topological polar surface area (TPSA) is 51.8 Å². The monoisotopic (exact) mass is 207 g/mol. The van der Waals surface area contributed by atoms with Crippen molar-refractivity contribution in [1.29, 1.82) is 0 Å². The standard InChI is InChI=1S/C10H9N3.ClH/c11-10-4-3-9(7-13-10)8-2-1-5-12-6-8;/h1-7H,(H2,11,13);1H. The summed E-state index contributed by atoms with van der Waals surface area (Å²) >= 11 is 0. The predicted molar refractivity (Wildman–Crippen MR) is 59.1 cm³/mol. The molecule has 2 rings (SSSR count). The number of anilines is 1. The smallest absolute Gasteiger partial charge is 0.123 e. The van der Waals surface area contributed by atoms with E-state index in [4.69, 9.17) is 5.73 Å². The zero-order valence-electron chi connectivity index (χ0n) is 7.42. The number of halogens is 1. The maximum atomic E-state index is 5.48. The zero-order chi connectivity index (χ0) is 9.10. The van der Waals surface area contributed by atoms with E-state index in [0.717, 1.165) is 11.1 Å². The molecule has 0 saturated heterocycles. The third kappa shape index (κ3) is 2.20. The molecule has 0 aromatic carbocycles. The molecule has 0 aliphatic rings. The summed E-state index contributed by atoms with van der Waals surface area (Å²) in [6.07, 6.45) is 5.29. The molecule has 0 saturated carbocycles. The summed E-state index contributed by atoms with van der Waals surface area (Å²) < 4.78 is 0. The number of nitrogens with zero attached hydrogens (tertiary/aromatic N) is 2. The van der Waals surface area contributed by atoms with Gasteiger partial charge in [-0.3, -0.25) is 4.98 Å². The molecule has 2 N–H and O–H groups in total. The van der Waals surface area contributed by atoms with Crippen LogP contribution in [0.3, 0.4) is 0 Å². The SMILES string of the molecule is Cl.Nc1ccc(-c2cccnc2)cn1. The van der Waals surface area contributed by atoms with E-state index in [-0.39, 0.29) is 12.4 Å². The van der Waals surface area contributed by atoms with Crippen LogP contribution in [-0.4, -0.2) is 9.97 Å². The summed E-state index contributed by atoms with van der Waals surface area (Å²) in [6, 6.07) is 7.59. The lowest BCUT2D eigenvalue weighted by molar-refractivity contribution is 1.30. The molecule has 0 unspecified atom stereocenters. The summed E-state index contributed by atoms with van der Waals surface area (Å²) in [5, 5.41) is 0. The van der Waals surface area contributed by atoms with Crippen LogP contribution in [0.25, 0.3) is 11.1 Å². The maximum Gasteiger partial charge on any atom is 0.123 e. The van der Waals surface area contributed by atoms with Gasteiger partial charge in [-0.15, -0.1) is 12.4 Å². The number of nitrogens with two attached hydrogens (primary N) is 1. The fourth-order valence-electron chi connectivity index (χ4n) is 1.11. The van der Waals surface area contributed by atoms with Gasteiger partial charge in [0.2, 0.25) is 0 Å². The van der Waals surface area contributed by atoms with Crippen LogP contribution in [-0.2, 0) is 0 Å². The molecule has 0 amide bonds. The van der Waals surface area contributed by atoms with Gasteiger partial charge in [0, 0.05) is 29.7 Å². The van der Waals surface area contributed by atoms with Gasteiger partial charge in [0.25, 0.3) is 0 Å². The summed E-state index contributed by atoms with van der Waals surface area (Å²) in [7, 11) is 0. The van der Waals surface area contributed by atoms with Crippen LogP contribution < -0.4 is 5.73 Å². The van der Waals surface area contributed by atoms with Crippen LogP contribution >= 0.6 is 12.4 Å². The van der Waals surface area contributed by atoms with Gasteiger partial charge in [0.05, 0.1) is 0 Å². The minimum Gasteiger partial charge on any atom is -0.384 e. The Morgan fingerprint density at radius 1 is 1.00 bits per heavy atom. The van der Waals surface area contributed by atoms with Crippen molar-refractivity contribution in [2.45, 2.75) is 0 Å². The summed E-state index contributed by atoms with van der Waals surface area (Å²) in [5.74, 6) is 0.535. The van der Waals surface area contributed by atoms with Crippen molar-refractivity contribution >= 4 is 18.2 Å². The number of hydrogen-bond acceptors (Lipinski definition) is 3. The highest BCUT2D eigenvalue weighted by Crippen LogP contribution is 2.16. The van der Waals surface area contributed by atoms with Crippen LogP contribution in [0, 0.1) is 0 Å². The lowest BCUT2D eigenvalue weighted by Crippen LogP contribution is -1.88. The van der Waals surface area contributed by atoms with Gasteiger partial charge in [0.1, 0.15) is 5.82 Å². The van der Waals surface area contributed by atoms with E-state index in [1.165, 1.54) is 0 Å². The Hall–Kier alpha value is -1.61. The molecule has 0 atom stereocenters. The second kappa shape index (κ2) is 4.58. The number of aromatic nitrogens is 2. The molecule has 3 nitrogen and oxygen atoms in total. The average molecular weight is 208 g/mol. The third-order valence-corrected chi connectivity index (χ3v) is 1.78. The summed E-state index contributed by atoms with van der Waals surface area (Å²) in [6.45, 7) is 0. The first-order valence-corrected chi connectivity index (χ1v) is 3.98. The fourth-order valence-corrected chi connectivity index (χ4v) is 1.11. The molecule has 0 aliphatic heterocycles. The maximum absolute atomic E-state index is 5.48. The highest BCUT2D eigenvalue weighted by Gasteiger charge is 1.95. The van der Waals surface area contributed by atoms with Crippen molar-refractivity contribution in [3.05, 3.63) is 42.9 Å². The number of nitrogen functional groups attached to an aromatic ring is 1. The Morgan fingerprint density at radius 2 is 1.79 bits per heavy atom. The Kier molecular flexibility index (Phi) is 3.42. The second-order valence-corrected chi connectivity index (χ2v) is 2.71. The Labute approximate surface area is 88.4 Å². The minimum absolute atomic E-state index is 0. The van der Waals surface area contributed by atoms with Gasteiger partial charge >= 0.3 is 0 Å². The van der Waals surface area contributed by atoms with Crippen molar-refractivity contribution < 1.29 is 0 Å².